The zero-order chi connectivity index (χ0) is 13.2. The van der Waals surface area contributed by atoms with Crippen molar-refractivity contribution in [2.45, 2.75) is 25.2 Å². The smallest absolute Gasteiger partial charge is 0.159 e. The highest BCUT2D eigenvalue weighted by atomic mass is 32.2. The average Bonchev–Trinajstić information content (AvgIpc) is 2.29. The second-order valence-electron chi connectivity index (χ2n) is 4.80. The summed E-state index contributed by atoms with van der Waals surface area (Å²) in [6, 6.07) is 7.35. The third-order valence-corrected chi connectivity index (χ3v) is 5.03. The first kappa shape index (κ1) is 13.4. The number of nitrogens with one attached hydrogen (secondary N) is 1. The van der Waals surface area contributed by atoms with Crippen molar-refractivity contribution in [3.63, 3.8) is 0 Å². The summed E-state index contributed by atoms with van der Waals surface area (Å²) in [4.78, 5) is 0. The lowest BCUT2D eigenvalue weighted by Crippen LogP contribution is -2.38. The van der Waals surface area contributed by atoms with Crippen molar-refractivity contribution in [3.8, 4) is 5.75 Å². The van der Waals surface area contributed by atoms with Gasteiger partial charge in [-0.15, -0.1) is 0 Å². The van der Waals surface area contributed by atoms with Gasteiger partial charge in [0.1, 0.15) is 5.75 Å². The molecule has 1 heterocycles. The van der Waals surface area contributed by atoms with E-state index in [4.69, 9.17) is 4.74 Å². The Morgan fingerprint density at radius 1 is 1.28 bits per heavy atom. The fourth-order valence-corrected chi connectivity index (χ4v) is 3.73. The predicted octanol–water partition coefficient (Wildman–Crippen LogP) is 1.53. The summed E-state index contributed by atoms with van der Waals surface area (Å²) in [7, 11) is -3.02. The number of rotatable bonds is 3. The van der Waals surface area contributed by atoms with Crippen LogP contribution in [-0.2, 0) is 9.84 Å². The van der Waals surface area contributed by atoms with E-state index in [-0.39, 0.29) is 11.9 Å². The summed E-state index contributed by atoms with van der Waals surface area (Å²) in [6.45, 7) is 4.97. The van der Waals surface area contributed by atoms with Crippen LogP contribution >= 0.6 is 0 Å². The molecule has 0 bridgehead atoms. The van der Waals surface area contributed by atoms with Crippen LogP contribution in [-0.4, -0.2) is 33.4 Å². The number of sulfone groups is 1. The minimum Gasteiger partial charge on any atom is -0.491 e. The zero-order valence-corrected chi connectivity index (χ0v) is 11.5. The van der Waals surface area contributed by atoms with Gasteiger partial charge in [0.15, 0.2) is 9.84 Å². The molecule has 100 valence electrons. The fraction of sp³-hybridized carbons (Fsp3) is 0.538. The molecule has 1 aromatic carbocycles. The lowest BCUT2D eigenvalue weighted by atomic mass is 10.1. The molecule has 1 atom stereocenters. The van der Waals surface area contributed by atoms with Crippen molar-refractivity contribution in [1.82, 2.24) is 5.32 Å². The molecule has 1 unspecified atom stereocenters. The number of hydrogen-bond donors (Lipinski definition) is 1. The van der Waals surface area contributed by atoms with Crippen LogP contribution in [0.4, 0.5) is 0 Å². The minimum absolute atomic E-state index is 0.121. The van der Waals surface area contributed by atoms with Gasteiger partial charge in [-0.2, -0.15) is 0 Å². The monoisotopic (exact) mass is 269 g/mol. The number of benzene rings is 1. The van der Waals surface area contributed by atoms with E-state index < -0.39 is 15.1 Å². The van der Waals surface area contributed by atoms with Gasteiger partial charge in [0, 0.05) is 13.1 Å². The first-order valence-electron chi connectivity index (χ1n) is 6.18. The van der Waals surface area contributed by atoms with Crippen LogP contribution < -0.4 is 10.1 Å². The summed E-state index contributed by atoms with van der Waals surface area (Å²) in [5.74, 6) is 0.983. The van der Waals surface area contributed by atoms with Gasteiger partial charge >= 0.3 is 0 Å². The standard InChI is InChI=1S/C13H19NO3S/c1-10(2)17-12-5-3-11(4-6-12)13-9-14-7-8-18(13,15)16/h3-6,10,13-14H,7-9H2,1-2H3. The SMILES string of the molecule is CC(C)Oc1ccc(C2CNCCS2(=O)=O)cc1. The van der Waals surface area contributed by atoms with E-state index in [1.54, 1.807) is 0 Å². The molecule has 1 aromatic rings. The average molecular weight is 269 g/mol. The molecule has 18 heavy (non-hydrogen) atoms. The van der Waals surface area contributed by atoms with E-state index in [1.807, 2.05) is 38.1 Å². The summed E-state index contributed by atoms with van der Waals surface area (Å²) in [5, 5.41) is 2.69. The van der Waals surface area contributed by atoms with Crippen LogP contribution in [0.3, 0.4) is 0 Å². The second-order valence-corrected chi connectivity index (χ2v) is 7.10. The molecule has 1 N–H and O–H groups in total. The molecule has 0 saturated carbocycles. The van der Waals surface area contributed by atoms with Crippen LogP contribution in [0.1, 0.15) is 24.7 Å². The summed E-state index contributed by atoms with van der Waals surface area (Å²) < 4.78 is 29.5. The molecule has 0 aromatic heterocycles. The molecule has 0 radical (unpaired) electrons. The largest absolute Gasteiger partial charge is 0.491 e. The Hall–Kier alpha value is -1.07. The molecule has 4 nitrogen and oxygen atoms in total. The normalized spacial score (nSPS) is 22.9. The van der Waals surface area contributed by atoms with Crippen molar-refractivity contribution in [1.29, 1.82) is 0 Å². The Kier molecular flexibility index (Phi) is 3.92. The van der Waals surface area contributed by atoms with E-state index in [0.717, 1.165) is 11.3 Å². The number of hydrogen-bond acceptors (Lipinski definition) is 4. The minimum atomic E-state index is -3.02. The first-order chi connectivity index (χ1) is 8.49. The van der Waals surface area contributed by atoms with E-state index in [9.17, 15) is 8.42 Å². The molecule has 0 spiro atoms. The Balaban J connectivity index is 2.18. The Morgan fingerprint density at radius 2 is 1.94 bits per heavy atom. The first-order valence-corrected chi connectivity index (χ1v) is 7.89. The highest BCUT2D eigenvalue weighted by Crippen LogP contribution is 2.26. The van der Waals surface area contributed by atoms with Gasteiger partial charge in [-0.25, -0.2) is 8.42 Å². The molecular formula is C13H19NO3S. The van der Waals surface area contributed by atoms with Crippen LogP contribution in [0.5, 0.6) is 5.75 Å². The van der Waals surface area contributed by atoms with Crippen molar-refractivity contribution < 1.29 is 13.2 Å². The van der Waals surface area contributed by atoms with Crippen molar-refractivity contribution in [2.75, 3.05) is 18.8 Å². The third-order valence-electron chi connectivity index (χ3n) is 2.95. The van der Waals surface area contributed by atoms with Gasteiger partial charge < -0.3 is 10.1 Å². The summed E-state index contributed by atoms with van der Waals surface area (Å²) in [5.41, 5.74) is 0.832. The van der Waals surface area contributed by atoms with Crippen LogP contribution in [0.25, 0.3) is 0 Å². The van der Waals surface area contributed by atoms with Crippen molar-refractivity contribution >= 4 is 9.84 Å². The molecule has 1 saturated heterocycles. The van der Waals surface area contributed by atoms with Crippen LogP contribution in [0.15, 0.2) is 24.3 Å². The molecule has 2 rings (SSSR count). The van der Waals surface area contributed by atoms with E-state index >= 15 is 0 Å². The van der Waals surface area contributed by atoms with Gasteiger partial charge in [0.25, 0.3) is 0 Å². The lowest BCUT2D eigenvalue weighted by molar-refractivity contribution is 0.242. The molecular weight excluding hydrogens is 250 g/mol. The van der Waals surface area contributed by atoms with E-state index in [0.29, 0.717) is 13.1 Å². The van der Waals surface area contributed by atoms with E-state index in [1.165, 1.54) is 0 Å². The number of ether oxygens (including phenoxy) is 1. The Morgan fingerprint density at radius 3 is 2.50 bits per heavy atom. The highest BCUT2D eigenvalue weighted by molar-refractivity contribution is 7.91. The topological polar surface area (TPSA) is 55.4 Å². The molecule has 0 amide bonds. The van der Waals surface area contributed by atoms with Crippen molar-refractivity contribution in [3.05, 3.63) is 29.8 Å². The molecule has 1 aliphatic heterocycles. The maximum Gasteiger partial charge on any atom is 0.159 e. The van der Waals surface area contributed by atoms with Gasteiger partial charge in [-0.3, -0.25) is 0 Å². The van der Waals surface area contributed by atoms with Gasteiger partial charge in [0.05, 0.1) is 17.1 Å². The zero-order valence-electron chi connectivity index (χ0n) is 10.7. The Bertz CT molecular complexity index is 493. The van der Waals surface area contributed by atoms with Gasteiger partial charge in [-0.05, 0) is 31.5 Å². The van der Waals surface area contributed by atoms with Crippen molar-refractivity contribution in [2.24, 2.45) is 0 Å². The summed E-state index contributed by atoms with van der Waals surface area (Å²) in [6.07, 6.45) is 0.121. The van der Waals surface area contributed by atoms with Crippen LogP contribution in [0.2, 0.25) is 0 Å². The third kappa shape index (κ3) is 3.03. The lowest BCUT2D eigenvalue weighted by Gasteiger charge is -2.23. The predicted molar refractivity (Wildman–Crippen MR) is 71.6 cm³/mol. The van der Waals surface area contributed by atoms with E-state index in [2.05, 4.69) is 5.32 Å². The molecule has 1 aliphatic rings. The maximum absolute atomic E-state index is 12.0. The van der Waals surface area contributed by atoms with Crippen LogP contribution in [0, 0.1) is 0 Å². The second kappa shape index (κ2) is 5.28. The maximum atomic E-state index is 12.0. The van der Waals surface area contributed by atoms with Gasteiger partial charge in [-0.1, -0.05) is 12.1 Å². The molecule has 1 fully saturated rings. The quantitative estimate of drug-likeness (QED) is 0.904. The Labute approximate surface area is 108 Å². The summed E-state index contributed by atoms with van der Waals surface area (Å²) >= 11 is 0. The fourth-order valence-electron chi connectivity index (χ4n) is 2.08. The highest BCUT2D eigenvalue weighted by Gasteiger charge is 2.29. The van der Waals surface area contributed by atoms with Gasteiger partial charge in [0.2, 0.25) is 0 Å². The molecule has 5 heteroatoms. The molecule has 0 aliphatic carbocycles.